The van der Waals surface area contributed by atoms with E-state index < -0.39 is 23.7 Å². The lowest BCUT2D eigenvalue weighted by Crippen LogP contribution is -2.61. The molecular weight excluding hydrogens is 338 g/mol. The number of likely N-dealkylation sites (tertiary alicyclic amines) is 1. The van der Waals surface area contributed by atoms with Crippen LogP contribution in [0.3, 0.4) is 0 Å². The molecule has 0 unspecified atom stereocenters. The zero-order valence-corrected chi connectivity index (χ0v) is 13.8. The first-order chi connectivity index (χ1) is 9.69. The Morgan fingerprint density at radius 3 is 2.33 bits per heavy atom. The van der Waals surface area contributed by atoms with Gasteiger partial charge in [-0.2, -0.15) is 0 Å². The first kappa shape index (κ1) is 15.8. The maximum Gasteiger partial charge on any atom is 0.411 e. The van der Waals surface area contributed by atoms with E-state index in [1.165, 1.54) is 4.90 Å². The van der Waals surface area contributed by atoms with Gasteiger partial charge in [-0.1, -0.05) is 28.1 Å². The van der Waals surface area contributed by atoms with Crippen LogP contribution in [0.4, 0.5) is 4.79 Å². The standard InChI is InChI=1S/C15H18BrNO4/c1-15(2,3)21-14(20)17-8-11(12(17)13(18)19)9-4-6-10(16)7-5-9/h4-7,11-12H,8H2,1-3H3,(H,18,19)/t11-,12+/m0/s1. The Labute approximate surface area is 132 Å². The normalized spacial score (nSPS) is 21.6. The first-order valence-electron chi connectivity index (χ1n) is 6.67. The summed E-state index contributed by atoms with van der Waals surface area (Å²) < 4.78 is 6.17. The van der Waals surface area contributed by atoms with Crippen LogP contribution in [0.2, 0.25) is 0 Å². The second-order valence-electron chi connectivity index (χ2n) is 6.07. The van der Waals surface area contributed by atoms with Crippen molar-refractivity contribution in [3.8, 4) is 0 Å². The molecule has 6 heteroatoms. The van der Waals surface area contributed by atoms with Crippen LogP contribution in [-0.4, -0.2) is 40.3 Å². The number of rotatable bonds is 2. The smallest absolute Gasteiger partial charge is 0.411 e. The fourth-order valence-corrected chi connectivity index (χ4v) is 2.58. The molecule has 1 amide bonds. The van der Waals surface area contributed by atoms with Gasteiger partial charge in [0.05, 0.1) is 0 Å². The second kappa shape index (κ2) is 5.67. The molecule has 1 heterocycles. The van der Waals surface area contributed by atoms with Gasteiger partial charge in [-0.05, 0) is 38.5 Å². The highest BCUT2D eigenvalue weighted by molar-refractivity contribution is 9.10. The zero-order chi connectivity index (χ0) is 15.8. The van der Waals surface area contributed by atoms with Crippen LogP contribution >= 0.6 is 15.9 Å². The highest BCUT2D eigenvalue weighted by atomic mass is 79.9. The van der Waals surface area contributed by atoms with Gasteiger partial charge in [0.15, 0.2) is 0 Å². The lowest BCUT2D eigenvalue weighted by molar-refractivity contribution is -0.149. The summed E-state index contributed by atoms with van der Waals surface area (Å²) in [4.78, 5) is 24.7. The SMILES string of the molecule is CC(C)(C)OC(=O)N1C[C@@H](c2ccc(Br)cc2)[C@@H]1C(=O)O. The summed E-state index contributed by atoms with van der Waals surface area (Å²) >= 11 is 3.35. The molecule has 1 aromatic rings. The lowest BCUT2D eigenvalue weighted by atomic mass is 9.83. The predicted molar refractivity (Wildman–Crippen MR) is 81.2 cm³/mol. The van der Waals surface area contributed by atoms with E-state index in [0.29, 0.717) is 6.54 Å². The van der Waals surface area contributed by atoms with Crippen molar-refractivity contribution in [2.24, 2.45) is 0 Å². The van der Waals surface area contributed by atoms with E-state index in [2.05, 4.69) is 15.9 Å². The van der Waals surface area contributed by atoms with Crippen LogP contribution in [0, 0.1) is 0 Å². The average molecular weight is 356 g/mol. The highest BCUT2D eigenvalue weighted by Crippen LogP contribution is 2.36. The fraction of sp³-hybridized carbons (Fsp3) is 0.467. The molecule has 0 spiro atoms. The minimum atomic E-state index is -1.01. The average Bonchev–Trinajstić information content (AvgIpc) is 2.27. The van der Waals surface area contributed by atoms with E-state index >= 15 is 0 Å². The number of benzene rings is 1. The van der Waals surface area contributed by atoms with Crippen LogP contribution in [0.5, 0.6) is 0 Å². The summed E-state index contributed by atoms with van der Waals surface area (Å²) in [6, 6.07) is 6.60. The Kier molecular flexibility index (Phi) is 4.27. The molecule has 0 radical (unpaired) electrons. The molecule has 21 heavy (non-hydrogen) atoms. The number of ether oxygens (including phenoxy) is 1. The molecule has 114 valence electrons. The van der Waals surface area contributed by atoms with Crippen molar-refractivity contribution in [2.75, 3.05) is 6.54 Å². The van der Waals surface area contributed by atoms with Crippen LogP contribution in [0.25, 0.3) is 0 Å². The minimum absolute atomic E-state index is 0.205. The molecule has 1 aliphatic heterocycles. The van der Waals surface area contributed by atoms with Gasteiger partial charge in [0.2, 0.25) is 0 Å². The van der Waals surface area contributed by atoms with Crippen LogP contribution < -0.4 is 0 Å². The van der Waals surface area contributed by atoms with Crippen molar-refractivity contribution in [1.29, 1.82) is 0 Å². The number of carbonyl (C=O) groups is 2. The molecule has 0 aliphatic carbocycles. The van der Waals surface area contributed by atoms with Gasteiger partial charge in [0, 0.05) is 16.9 Å². The molecule has 0 saturated carbocycles. The first-order valence-corrected chi connectivity index (χ1v) is 7.46. The largest absolute Gasteiger partial charge is 0.480 e. The molecule has 0 aromatic heterocycles. The molecule has 1 fully saturated rings. The van der Waals surface area contributed by atoms with Gasteiger partial charge in [0.1, 0.15) is 11.6 Å². The number of carbonyl (C=O) groups excluding carboxylic acids is 1. The Bertz CT molecular complexity index is 550. The van der Waals surface area contributed by atoms with Gasteiger partial charge in [0.25, 0.3) is 0 Å². The Morgan fingerprint density at radius 1 is 1.29 bits per heavy atom. The van der Waals surface area contributed by atoms with Gasteiger partial charge in [-0.3, -0.25) is 4.90 Å². The molecule has 2 rings (SSSR count). The van der Waals surface area contributed by atoms with Crippen molar-refractivity contribution in [3.63, 3.8) is 0 Å². The lowest BCUT2D eigenvalue weighted by Gasteiger charge is -2.45. The molecule has 5 nitrogen and oxygen atoms in total. The van der Waals surface area contributed by atoms with Crippen molar-refractivity contribution >= 4 is 28.0 Å². The van der Waals surface area contributed by atoms with E-state index in [4.69, 9.17) is 4.74 Å². The van der Waals surface area contributed by atoms with E-state index in [1.54, 1.807) is 20.8 Å². The van der Waals surface area contributed by atoms with Gasteiger partial charge in [-0.15, -0.1) is 0 Å². The van der Waals surface area contributed by atoms with Gasteiger partial charge < -0.3 is 9.84 Å². The van der Waals surface area contributed by atoms with E-state index in [-0.39, 0.29) is 5.92 Å². The Balaban J connectivity index is 2.13. The summed E-state index contributed by atoms with van der Waals surface area (Å²) in [5, 5.41) is 9.38. The Hall–Kier alpha value is -1.56. The van der Waals surface area contributed by atoms with E-state index in [0.717, 1.165) is 10.0 Å². The molecular formula is C15H18BrNO4. The Morgan fingerprint density at radius 2 is 1.86 bits per heavy atom. The van der Waals surface area contributed by atoms with E-state index in [1.807, 2.05) is 24.3 Å². The highest BCUT2D eigenvalue weighted by Gasteiger charge is 2.48. The zero-order valence-electron chi connectivity index (χ0n) is 12.2. The molecule has 1 aliphatic rings. The summed E-state index contributed by atoms with van der Waals surface area (Å²) in [6.45, 7) is 5.62. The molecule has 1 aromatic carbocycles. The van der Waals surface area contributed by atoms with Crippen molar-refractivity contribution in [3.05, 3.63) is 34.3 Å². The summed E-state index contributed by atoms with van der Waals surface area (Å²) in [5.41, 5.74) is 0.272. The van der Waals surface area contributed by atoms with Gasteiger partial charge >= 0.3 is 12.1 Å². The summed E-state index contributed by atoms with van der Waals surface area (Å²) in [5.74, 6) is -1.22. The molecule has 0 bridgehead atoms. The number of hydrogen-bond donors (Lipinski definition) is 1. The van der Waals surface area contributed by atoms with Gasteiger partial charge in [-0.25, -0.2) is 9.59 Å². The number of halogens is 1. The molecule has 2 atom stereocenters. The van der Waals surface area contributed by atoms with Crippen LogP contribution in [0.1, 0.15) is 32.3 Å². The maximum absolute atomic E-state index is 12.0. The van der Waals surface area contributed by atoms with Crippen molar-refractivity contribution in [2.45, 2.75) is 38.3 Å². The quantitative estimate of drug-likeness (QED) is 0.884. The fourth-order valence-electron chi connectivity index (χ4n) is 2.32. The molecule has 1 saturated heterocycles. The van der Waals surface area contributed by atoms with Crippen molar-refractivity contribution < 1.29 is 19.4 Å². The number of nitrogens with zero attached hydrogens (tertiary/aromatic N) is 1. The van der Waals surface area contributed by atoms with Crippen molar-refractivity contribution in [1.82, 2.24) is 4.90 Å². The number of amides is 1. The monoisotopic (exact) mass is 355 g/mol. The number of hydrogen-bond acceptors (Lipinski definition) is 3. The van der Waals surface area contributed by atoms with E-state index in [9.17, 15) is 14.7 Å². The third-order valence-corrected chi connectivity index (χ3v) is 3.82. The summed E-state index contributed by atoms with van der Waals surface area (Å²) in [7, 11) is 0. The maximum atomic E-state index is 12.0. The summed E-state index contributed by atoms with van der Waals surface area (Å²) in [6.07, 6.45) is -0.580. The number of carboxylic acids is 1. The van der Waals surface area contributed by atoms with Crippen LogP contribution in [0.15, 0.2) is 28.7 Å². The van der Waals surface area contributed by atoms with Crippen LogP contribution in [-0.2, 0) is 9.53 Å². The number of carboxylic acid groups (broad SMARTS) is 1. The number of aliphatic carboxylic acids is 1. The molecule has 1 N–H and O–H groups in total. The third-order valence-electron chi connectivity index (χ3n) is 3.29. The second-order valence-corrected chi connectivity index (χ2v) is 6.99. The topological polar surface area (TPSA) is 66.8 Å². The minimum Gasteiger partial charge on any atom is -0.480 e. The predicted octanol–water partition coefficient (Wildman–Crippen LogP) is 3.24. The third kappa shape index (κ3) is 3.56.